The Labute approximate surface area is 189 Å². The number of rotatable bonds is 8. The van der Waals surface area contributed by atoms with Crippen LogP contribution >= 0.6 is 11.6 Å². The average Bonchev–Trinajstić information content (AvgIpc) is 2.79. The summed E-state index contributed by atoms with van der Waals surface area (Å²) in [6.45, 7) is 0.372. The molecule has 0 bridgehead atoms. The number of amides is 1. The topological polar surface area (TPSA) is 110 Å². The van der Waals surface area contributed by atoms with Gasteiger partial charge < -0.3 is 10.5 Å². The molecule has 1 heterocycles. The largest absolute Gasteiger partial charge is 0.383 e. The second-order valence-corrected chi connectivity index (χ2v) is 7.37. The Kier molecular flexibility index (Phi) is 7.64. The van der Waals surface area contributed by atoms with Crippen LogP contribution in [0.5, 0.6) is 0 Å². The number of carbonyl (C=O) groups is 1. The zero-order chi connectivity index (χ0) is 23.1. The molecule has 1 aromatic heterocycles. The van der Waals surface area contributed by atoms with Crippen molar-refractivity contribution in [2.24, 2.45) is 0 Å². The minimum atomic E-state index is -0.749. The van der Waals surface area contributed by atoms with Gasteiger partial charge in [-0.15, -0.1) is 0 Å². The van der Waals surface area contributed by atoms with Crippen molar-refractivity contribution in [3.8, 4) is 0 Å². The molecule has 1 amide bonds. The van der Waals surface area contributed by atoms with Gasteiger partial charge in [0.2, 0.25) is 0 Å². The van der Waals surface area contributed by atoms with E-state index in [-0.39, 0.29) is 31.2 Å². The average molecular weight is 455 g/mol. The number of nitrogens with two attached hydrogens (primary N) is 1. The van der Waals surface area contributed by atoms with Crippen molar-refractivity contribution in [1.82, 2.24) is 9.55 Å². The lowest BCUT2D eigenvalue weighted by Gasteiger charge is -2.23. The van der Waals surface area contributed by atoms with Gasteiger partial charge in [-0.25, -0.2) is 4.79 Å². The van der Waals surface area contributed by atoms with E-state index in [0.29, 0.717) is 5.02 Å². The number of H-pyrrole nitrogens is 1. The number of nitrogens with zero attached hydrogens (tertiary/aromatic N) is 2. The van der Waals surface area contributed by atoms with Gasteiger partial charge in [-0.05, 0) is 29.3 Å². The molecule has 0 spiro atoms. The fourth-order valence-electron chi connectivity index (χ4n) is 3.11. The van der Waals surface area contributed by atoms with Crippen LogP contribution in [-0.2, 0) is 16.1 Å². The summed E-state index contributed by atoms with van der Waals surface area (Å²) in [6.07, 6.45) is 2.92. The van der Waals surface area contributed by atoms with Crippen LogP contribution in [0.3, 0.4) is 0 Å². The number of ether oxygens (including phenoxy) is 1. The monoisotopic (exact) mass is 454 g/mol. The Hall–Kier alpha value is -3.62. The summed E-state index contributed by atoms with van der Waals surface area (Å²) in [7, 11) is 1.48. The number of halogens is 1. The van der Waals surface area contributed by atoms with Crippen LogP contribution in [-0.4, -0.2) is 35.7 Å². The number of carbonyl (C=O) groups excluding carboxylic acids is 1. The summed E-state index contributed by atoms with van der Waals surface area (Å²) in [5.74, 6) is -0.592. The summed E-state index contributed by atoms with van der Waals surface area (Å²) in [4.78, 5) is 41.6. The van der Waals surface area contributed by atoms with Crippen molar-refractivity contribution in [2.75, 3.05) is 30.9 Å². The predicted molar refractivity (Wildman–Crippen MR) is 126 cm³/mol. The number of aromatic nitrogens is 2. The molecule has 2 aromatic carbocycles. The third-order valence-electron chi connectivity index (χ3n) is 4.74. The van der Waals surface area contributed by atoms with E-state index in [9.17, 15) is 14.4 Å². The molecule has 0 aliphatic heterocycles. The smallest absolute Gasteiger partial charge is 0.330 e. The molecule has 8 nitrogen and oxygen atoms in total. The van der Waals surface area contributed by atoms with E-state index in [1.54, 1.807) is 30.3 Å². The lowest BCUT2D eigenvalue weighted by atomic mass is 10.2. The van der Waals surface area contributed by atoms with Gasteiger partial charge in [0.1, 0.15) is 5.82 Å². The highest BCUT2D eigenvalue weighted by Crippen LogP contribution is 2.19. The zero-order valence-electron chi connectivity index (χ0n) is 17.5. The fraction of sp³-hybridized carbons (Fsp3) is 0.174. The number of aromatic amines is 1. The molecule has 32 heavy (non-hydrogen) atoms. The molecule has 3 rings (SSSR count). The van der Waals surface area contributed by atoms with Gasteiger partial charge in [-0.3, -0.25) is 24.0 Å². The van der Waals surface area contributed by atoms with Gasteiger partial charge >= 0.3 is 5.69 Å². The first-order valence-corrected chi connectivity index (χ1v) is 10.2. The molecule has 3 aromatic rings. The van der Waals surface area contributed by atoms with E-state index in [1.807, 2.05) is 30.3 Å². The molecule has 0 saturated heterocycles. The highest BCUT2D eigenvalue weighted by Gasteiger charge is 2.23. The number of benzene rings is 2. The molecule has 0 saturated carbocycles. The van der Waals surface area contributed by atoms with E-state index in [2.05, 4.69) is 4.98 Å². The zero-order valence-corrected chi connectivity index (χ0v) is 18.2. The van der Waals surface area contributed by atoms with Crippen molar-refractivity contribution in [2.45, 2.75) is 6.54 Å². The van der Waals surface area contributed by atoms with Crippen molar-refractivity contribution in [1.29, 1.82) is 0 Å². The maximum absolute atomic E-state index is 13.0. The van der Waals surface area contributed by atoms with Gasteiger partial charge in [-0.2, -0.15) is 0 Å². The maximum atomic E-state index is 13.0. The molecule has 0 aliphatic rings. The molecule has 3 N–H and O–H groups in total. The minimum Gasteiger partial charge on any atom is -0.383 e. The number of nitrogens with one attached hydrogen (secondary N) is 1. The number of hydrogen-bond acceptors (Lipinski definition) is 5. The molecule has 0 unspecified atom stereocenters. The number of anilines is 2. The molecule has 166 valence electrons. The number of methoxy groups -OCH3 is 1. The van der Waals surface area contributed by atoms with E-state index in [4.69, 9.17) is 22.1 Å². The fourth-order valence-corrected chi connectivity index (χ4v) is 3.23. The standard InChI is InChI=1S/C23H23ClN4O4/c1-32-14-13-27(19(29)12-9-16-7-10-18(24)11-8-16)20-21(25)28(23(31)26-22(20)30)15-17-5-3-2-4-6-17/h2-12H,13-15,25H2,1H3,(H,26,30,31)/b12-9+. The summed E-state index contributed by atoms with van der Waals surface area (Å²) < 4.78 is 6.32. The lowest BCUT2D eigenvalue weighted by molar-refractivity contribution is -0.114. The van der Waals surface area contributed by atoms with Crippen LogP contribution in [0.15, 0.2) is 70.3 Å². The van der Waals surface area contributed by atoms with E-state index in [1.165, 1.54) is 22.7 Å². The van der Waals surface area contributed by atoms with Crippen LogP contribution in [0.2, 0.25) is 5.02 Å². The molecular formula is C23H23ClN4O4. The molecule has 0 fully saturated rings. The first kappa shape index (κ1) is 23.1. The summed E-state index contributed by atoms with van der Waals surface area (Å²) >= 11 is 5.89. The van der Waals surface area contributed by atoms with Crippen molar-refractivity contribution >= 4 is 35.1 Å². The van der Waals surface area contributed by atoms with Crippen LogP contribution in [0.25, 0.3) is 6.08 Å². The van der Waals surface area contributed by atoms with Gasteiger partial charge in [0.15, 0.2) is 5.69 Å². The maximum Gasteiger partial charge on any atom is 0.330 e. The van der Waals surface area contributed by atoms with Crippen molar-refractivity contribution in [3.63, 3.8) is 0 Å². The first-order valence-electron chi connectivity index (χ1n) is 9.81. The molecule has 0 aliphatic carbocycles. The summed E-state index contributed by atoms with van der Waals surface area (Å²) in [5, 5.41) is 0.579. The minimum absolute atomic E-state index is 0.0666. The Morgan fingerprint density at radius 3 is 2.50 bits per heavy atom. The third-order valence-corrected chi connectivity index (χ3v) is 4.99. The predicted octanol–water partition coefficient (Wildman–Crippen LogP) is 2.51. The van der Waals surface area contributed by atoms with Crippen molar-refractivity contribution in [3.05, 3.63) is 97.7 Å². The van der Waals surface area contributed by atoms with Crippen LogP contribution < -0.4 is 21.9 Å². The van der Waals surface area contributed by atoms with Crippen LogP contribution in [0.4, 0.5) is 11.5 Å². The van der Waals surface area contributed by atoms with Gasteiger partial charge in [-0.1, -0.05) is 54.1 Å². The molecule has 0 atom stereocenters. The molecule has 0 radical (unpaired) electrons. The molecular weight excluding hydrogens is 432 g/mol. The first-order chi connectivity index (χ1) is 15.4. The van der Waals surface area contributed by atoms with E-state index < -0.39 is 17.2 Å². The van der Waals surface area contributed by atoms with Crippen molar-refractivity contribution < 1.29 is 9.53 Å². The normalized spacial score (nSPS) is 11.1. The van der Waals surface area contributed by atoms with Gasteiger partial charge in [0.25, 0.3) is 11.5 Å². The van der Waals surface area contributed by atoms with E-state index >= 15 is 0 Å². The Balaban J connectivity index is 2.00. The van der Waals surface area contributed by atoms with E-state index in [0.717, 1.165) is 11.1 Å². The highest BCUT2D eigenvalue weighted by atomic mass is 35.5. The lowest BCUT2D eigenvalue weighted by Crippen LogP contribution is -2.42. The Morgan fingerprint density at radius 2 is 1.84 bits per heavy atom. The quantitative estimate of drug-likeness (QED) is 0.508. The Bertz CT molecular complexity index is 1220. The second-order valence-electron chi connectivity index (χ2n) is 6.93. The van der Waals surface area contributed by atoms with Crippen LogP contribution in [0.1, 0.15) is 11.1 Å². The Morgan fingerprint density at radius 1 is 1.16 bits per heavy atom. The summed E-state index contributed by atoms with van der Waals surface area (Å²) in [6, 6.07) is 16.1. The SMILES string of the molecule is COCCN(C(=O)/C=C/c1ccc(Cl)cc1)c1c(N)n(Cc2ccccc2)c(=O)[nH]c1=O. The van der Waals surface area contributed by atoms with Gasteiger partial charge in [0, 0.05) is 24.8 Å². The number of hydrogen-bond donors (Lipinski definition) is 2. The summed E-state index contributed by atoms with van der Waals surface area (Å²) in [5.41, 5.74) is 6.29. The second kappa shape index (κ2) is 10.6. The number of nitrogen functional groups attached to an aromatic ring is 1. The highest BCUT2D eigenvalue weighted by molar-refractivity contribution is 6.30. The van der Waals surface area contributed by atoms with Crippen LogP contribution in [0, 0.1) is 0 Å². The molecule has 9 heteroatoms. The third kappa shape index (κ3) is 5.54. The van der Waals surface area contributed by atoms with Gasteiger partial charge in [0.05, 0.1) is 13.2 Å².